The zero-order chi connectivity index (χ0) is 15.9. The molecule has 2 aliphatic rings. The molecule has 2 N–H and O–H groups in total. The Labute approximate surface area is 148 Å². The number of aromatic nitrogens is 2. The van der Waals surface area contributed by atoms with Crippen LogP contribution in [0.15, 0.2) is 36.5 Å². The van der Waals surface area contributed by atoms with Gasteiger partial charge in [-0.2, -0.15) is 5.10 Å². The van der Waals surface area contributed by atoms with E-state index >= 15 is 0 Å². The van der Waals surface area contributed by atoms with Gasteiger partial charge in [0.2, 0.25) is 5.91 Å². The number of hydrogen-bond acceptors (Lipinski definition) is 3. The summed E-state index contributed by atoms with van der Waals surface area (Å²) in [6.45, 7) is 4.03. The predicted octanol–water partition coefficient (Wildman–Crippen LogP) is 2.93. The van der Waals surface area contributed by atoms with Gasteiger partial charge >= 0.3 is 0 Å². The third-order valence-electron chi connectivity index (χ3n) is 5.24. The van der Waals surface area contributed by atoms with Crippen LogP contribution in [-0.2, 0) is 4.79 Å². The SMILES string of the molecule is Cc1ccn(-c2ccccc2NC(=O)C2CC23CCNCC3)n1.Cl. The molecule has 5 nitrogen and oxygen atoms in total. The molecular weight excluding hydrogens is 324 g/mol. The molecule has 1 spiro atoms. The molecule has 1 saturated heterocycles. The lowest BCUT2D eigenvalue weighted by Crippen LogP contribution is -2.31. The highest BCUT2D eigenvalue weighted by Gasteiger charge is 2.57. The maximum atomic E-state index is 12.7. The number of para-hydroxylation sites is 2. The maximum Gasteiger partial charge on any atom is 0.228 e. The third kappa shape index (κ3) is 3.06. The lowest BCUT2D eigenvalue weighted by Gasteiger charge is -2.23. The molecule has 0 radical (unpaired) electrons. The number of amides is 1. The highest BCUT2D eigenvalue weighted by atomic mass is 35.5. The predicted molar refractivity (Wildman–Crippen MR) is 96.8 cm³/mol. The average Bonchev–Trinajstić information content (AvgIpc) is 3.07. The van der Waals surface area contributed by atoms with Gasteiger partial charge in [0, 0.05) is 12.1 Å². The molecule has 1 saturated carbocycles. The van der Waals surface area contributed by atoms with Crippen molar-refractivity contribution in [3.05, 3.63) is 42.2 Å². The highest BCUT2D eigenvalue weighted by Crippen LogP contribution is 2.58. The molecule has 6 heteroatoms. The number of nitrogens with zero attached hydrogens (tertiary/aromatic N) is 2. The first-order valence-corrected chi connectivity index (χ1v) is 8.31. The van der Waals surface area contributed by atoms with Crippen molar-refractivity contribution in [2.75, 3.05) is 18.4 Å². The van der Waals surface area contributed by atoms with E-state index < -0.39 is 0 Å². The second kappa shape index (κ2) is 6.57. The Kier molecular flexibility index (Phi) is 4.65. The molecule has 1 atom stereocenters. The summed E-state index contributed by atoms with van der Waals surface area (Å²) < 4.78 is 1.82. The van der Waals surface area contributed by atoms with Gasteiger partial charge in [0.1, 0.15) is 0 Å². The van der Waals surface area contributed by atoms with Gasteiger partial charge < -0.3 is 10.6 Å². The Morgan fingerprint density at radius 3 is 2.75 bits per heavy atom. The smallest absolute Gasteiger partial charge is 0.228 e. The van der Waals surface area contributed by atoms with Crippen LogP contribution < -0.4 is 10.6 Å². The van der Waals surface area contributed by atoms with Crippen LogP contribution >= 0.6 is 12.4 Å². The second-order valence-corrected chi connectivity index (χ2v) is 6.78. The van der Waals surface area contributed by atoms with Crippen LogP contribution in [0.25, 0.3) is 5.69 Å². The second-order valence-electron chi connectivity index (χ2n) is 6.78. The van der Waals surface area contributed by atoms with Crippen molar-refractivity contribution in [2.24, 2.45) is 11.3 Å². The topological polar surface area (TPSA) is 59.0 Å². The van der Waals surface area contributed by atoms with E-state index in [-0.39, 0.29) is 29.6 Å². The number of aryl methyl sites for hydroxylation is 1. The fraction of sp³-hybridized carbons (Fsp3) is 0.444. The quantitative estimate of drug-likeness (QED) is 0.898. The minimum absolute atomic E-state index is 0. The standard InChI is InChI=1S/C18H22N4O.ClH/c1-13-6-11-22(21-13)16-5-3-2-4-15(16)20-17(23)14-12-18(14)7-9-19-10-8-18;/h2-6,11,14,19H,7-10,12H2,1H3,(H,20,23);1H. The number of halogens is 1. The van der Waals surface area contributed by atoms with Crippen molar-refractivity contribution in [3.8, 4) is 5.69 Å². The van der Waals surface area contributed by atoms with Crippen molar-refractivity contribution in [1.82, 2.24) is 15.1 Å². The van der Waals surface area contributed by atoms with Gasteiger partial charge in [-0.05, 0) is 62.9 Å². The highest BCUT2D eigenvalue weighted by molar-refractivity contribution is 5.96. The molecule has 1 aromatic carbocycles. The monoisotopic (exact) mass is 346 g/mol. The average molecular weight is 347 g/mol. The zero-order valence-electron chi connectivity index (χ0n) is 13.8. The van der Waals surface area contributed by atoms with Crippen LogP contribution in [0.4, 0.5) is 5.69 Å². The fourth-order valence-electron chi connectivity index (χ4n) is 3.74. The van der Waals surface area contributed by atoms with Gasteiger partial charge in [0.25, 0.3) is 0 Å². The summed E-state index contributed by atoms with van der Waals surface area (Å²) >= 11 is 0. The van der Waals surface area contributed by atoms with Gasteiger partial charge in [-0.15, -0.1) is 12.4 Å². The van der Waals surface area contributed by atoms with Crippen molar-refractivity contribution in [2.45, 2.75) is 26.2 Å². The Morgan fingerprint density at radius 1 is 1.29 bits per heavy atom. The number of benzene rings is 1. The van der Waals surface area contributed by atoms with E-state index in [9.17, 15) is 4.79 Å². The molecule has 2 aromatic rings. The van der Waals surface area contributed by atoms with Gasteiger partial charge in [-0.3, -0.25) is 4.79 Å². The van der Waals surface area contributed by atoms with Gasteiger partial charge in [0.15, 0.2) is 0 Å². The summed E-state index contributed by atoms with van der Waals surface area (Å²) in [5.74, 6) is 0.320. The number of piperidine rings is 1. The molecule has 24 heavy (non-hydrogen) atoms. The van der Waals surface area contributed by atoms with E-state index in [0.29, 0.717) is 0 Å². The Bertz CT molecular complexity index is 736. The van der Waals surface area contributed by atoms with E-state index in [1.165, 1.54) is 0 Å². The number of carbonyl (C=O) groups is 1. The van der Waals surface area contributed by atoms with Crippen molar-refractivity contribution < 1.29 is 4.79 Å². The molecule has 2 fully saturated rings. The molecular formula is C18H23ClN4O. The lowest BCUT2D eigenvalue weighted by atomic mass is 9.92. The molecule has 4 rings (SSSR count). The van der Waals surface area contributed by atoms with Gasteiger partial charge in [-0.25, -0.2) is 4.68 Å². The van der Waals surface area contributed by atoms with Crippen LogP contribution in [0.5, 0.6) is 0 Å². The number of nitrogens with one attached hydrogen (secondary N) is 2. The first kappa shape index (κ1) is 17.0. The Balaban J connectivity index is 0.00000169. The Morgan fingerprint density at radius 2 is 2.04 bits per heavy atom. The molecule has 1 amide bonds. The molecule has 1 unspecified atom stereocenters. The molecule has 1 aliphatic heterocycles. The van der Waals surface area contributed by atoms with Crippen molar-refractivity contribution in [3.63, 3.8) is 0 Å². The molecule has 1 aromatic heterocycles. The molecule has 1 aliphatic carbocycles. The number of anilines is 1. The lowest BCUT2D eigenvalue weighted by molar-refractivity contribution is -0.118. The van der Waals surface area contributed by atoms with Crippen molar-refractivity contribution in [1.29, 1.82) is 0 Å². The largest absolute Gasteiger partial charge is 0.324 e. The molecule has 128 valence electrons. The summed E-state index contributed by atoms with van der Waals surface area (Å²) in [6, 6.07) is 9.80. The van der Waals surface area contributed by atoms with E-state index in [1.54, 1.807) is 0 Å². The van der Waals surface area contributed by atoms with E-state index in [0.717, 1.165) is 49.4 Å². The number of rotatable bonds is 3. The van der Waals surface area contributed by atoms with E-state index in [2.05, 4.69) is 15.7 Å². The maximum absolute atomic E-state index is 12.7. The van der Waals surface area contributed by atoms with Crippen LogP contribution in [0.1, 0.15) is 25.0 Å². The van der Waals surface area contributed by atoms with Crippen LogP contribution in [0, 0.1) is 18.3 Å². The first-order valence-electron chi connectivity index (χ1n) is 8.31. The summed E-state index contributed by atoms with van der Waals surface area (Å²) in [7, 11) is 0. The molecule has 0 bridgehead atoms. The summed E-state index contributed by atoms with van der Waals surface area (Å²) in [6.07, 6.45) is 5.19. The van der Waals surface area contributed by atoms with Crippen molar-refractivity contribution >= 4 is 24.0 Å². The normalized spacial score (nSPS) is 21.1. The number of carbonyl (C=O) groups excluding carboxylic acids is 1. The van der Waals surface area contributed by atoms with E-state index in [4.69, 9.17) is 0 Å². The van der Waals surface area contributed by atoms with Crippen LogP contribution in [0.2, 0.25) is 0 Å². The third-order valence-corrected chi connectivity index (χ3v) is 5.24. The minimum atomic E-state index is 0. The van der Waals surface area contributed by atoms with Crippen LogP contribution in [-0.4, -0.2) is 28.8 Å². The zero-order valence-corrected chi connectivity index (χ0v) is 14.6. The summed E-state index contributed by atoms with van der Waals surface area (Å²) in [5, 5.41) is 11.0. The Hall–Kier alpha value is -1.85. The fourth-order valence-corrected chi connectivity index (χ4v) is 3.74. The summed E-state index contributed by atoms with van der Waals surface area (Å²) in [5.41, 5.74) is 2.96. The van der Waals surface area contributed by atoms with Gasteiger partial charge in [0.05, 0.1) is 17.1 Å². The van der Waals surface area contributed by atoms with E-state index in [1.807, 2.05) is 48.1 Å². The van der Waals surface area contributed by atoms with Crippen LogP contribution in [0.3, 0.4) is 0 Å². The van der Waals surface area contributed by atoms with Gasteiger partial charge in [-0.1, -0.05) is 12.1 Å². The minimum Gasteiger partial charge on any atom is -0.324 e. The first-order chi connectivity index (χ1) is 11.2. The number of hydrogen-bond donors (Lipinski definition) is 2. The summed E-state index contributed by atoms with van der Waals surface area (Å²) in [4.78, 5) is 12.7. The molecule has 2 heterocycles.